The monoisotopic (exact) mass is 513 g/mol. The van der Waals surface area contributed by atoms with Crippen molar-refractivity contribution in [2.75, 3.05) is 11.6 Å². The number of carbonyl (C=O) groups is 4. The van der Waals surface area contributed by atoms with E-state index in [2.05, 4.69) is 5.32 Å². The summed E-state index contributed by atoms with van der Waals surface area (Å²) >= 11 is 1.43. The Morgan fingerprint density at radius 1 is 1.06 bits per heavy atom. The number of Topliss-reactive ketones (excluding diaryl/α,β-unsaturated/α-hetero) is 1. The van der Waals surface area contributed by atoms with E-state index in [0.717, 1.165) is 11.1 Å². The van der Waals surface area contributed by atoms with Crippen LogP contribution in [0.25, 0.3) is 0 Å². The number of amides is 3. The Hall–Kier alpha value is -3.37. The molecule has 1 aliphatic rings. The number of carbonyl (C=O) groups excluding carboxylic acids is 4. The molecular formula is C26H31N3O6S. The first-order chi connectivity index (χ1) is 17.4. The third-order valence-corrected chi connectivity index (χ3v) is 6.97. The van der Waals surface area contributed by atoms with Crippen molar-refractivity contribution in [2.24, 2.45) is 5.92 Å². The number of hydroxylamine groups is 1. The Morgan fingerprint density at radius 3 is 2.33 bits per heavy atom. The quantitative estimate of drug-likeness (QED) is 0.312. The van der Waals surface area contributed by atoms with Gasteiger partial charge in [-0.1, -0.05) is 67.6 Å². The largest absolute Gasteiger partial charge is 0.445 e. The van der Waals surface area contributed by atoms with Gasteiger partial charge in [-0.25, -0.2) is 10.3 Å². The third kappa shape index (κ3) is 7.82. The van der Waals surface area contributed by atoms with E-state index in [0.29, 0.717) is 24.5 Å². The molecule has 0 aromatic heterocycles. The van der Waals surface area contributed by atoms with Crippen LogP contribution in [0.5, 0.6) is 0 Å². The number of nitrogens with zero attached hydrogens (tertiary/aromatic N) is 1. The van der Waals surface area contributed by atoms with Crippen molar-refractivity contribution in [3.05, 3.63) is 71.8 Å². The molecule has 1 heterocycles. The Labute approximate surface area is 214 Å². The van der Waals surface area contributed by atoms with Gasteiger partial charge in [0.05, 0.1) is 11.9 Å². The van der Waals surface area contributed by atoms with Gasteiger partial charge >= 0.3 is 6.09 Å². The molecule has 0 saturated carbocycles. The Kier molecular flexibility index (Phi) is 10.3. The fourth-order valence-electron chi connectivity index (χ4n) is 3.83. The van der Waals surface area contributed by atoms with Gasteiger partial charge in [0.25, 0.3) is 0 Å². The molecule has 0 radical (unpaired) electrons. The van der Waals surface area contributed by atoms with E-state index in [-0.39, 0.29) is 18.8 Å². The zero-order valence-corrected chi connectivity index (χ0v) is 20.9. The van der Waals surface area contributed by atoms with Crippen LogP contribution < -0.4 is 10.8 Å². The van der Waals surface area contributed by atoms with E-state index in [1.165, 1.54) is 23.6 Å². The molecular weight excluding hydrogens is 482 g/mol. The van der Waals surface area contributed by atoms with Crippen LogP contribution in [0.1, 0.15) is 30.9 Å². The first kappa shape index (κ1) is 27.2. The Morgan fingerprint density at radius 2 is 1.69 bits per heavy atom. The summed E-state index contributed by atoms with van der Waals surface area (Å²) in [7, 11) is 0. The second-order valence-electron chi connectivity index (χ2n) is 8.66. The van der Waals surface area contributed by atoms with Gasteiger partial charge in [-0.3, -0.25) is 24.5 Å². The molecule has 10 heteroatoms. The molecule has 2 aromatic rings. The van der Waals surface area contributed by atoms with Gasteiger partial charge in [0.2, 0.25) is 11.8 Å². The lowest BCUT2D eigenvalue weighted by atomic mass is 9.95. The second-order valence-corrected chi connectivity index (χ2v) is 9.66. The summed E-state index contributed by atoms with van der Waals surface area (Å²) in [5.74, 6) is -1.50. The van der Waals surface area contributed by atoms with E-state index >= 15 is 0 Å². The molecule has 1 fully saturated rings. The molecule has 2 aromatic carbocycles. The minimum atomic E-state index is -0.848. The molecule has 1 aliphatic heterocycles. The Bertz CT molecular complexity index is 1040. The highest BCUT2D eigenvalue weighted by molar-refractivity contribution is 7.99. The smallest absolute Gasteiger partial charge is 0.411 e. The molecule has 0 unspecified atom stereocenters. The summed E-state index contributed by atoms with van der Waals surface area (Å²) in [5.41, 5.74) is 3.40. The van der Waals surface area contributed by atoms with Crippen molar-refractivity contribution < 1.29 is 29.1 Å². The highest BCUT2D eigenvalue weighted by Gasteiger charge is 2.37. The summed E-state index contributed by atoms with van der Waals surface area (Å²) < 4.78 is 5.40. The molecule has 1 saturated heterocycles. The van der Waals surface area contributed by atoms with Crippen molar-refractivity contribution in [2.45, 2.75) is 44.9 Å². The first-order valence-corrected chi connectivity index (χ1v) is 12.9. The normalized spacial score (nSPS) is 16.6. The molecule has 9 nitrogen and oxygen atoms in total. The minimum Gasteiger partial charge on any atom is -0.445 e. The molecule has 3 atom stereocenters. The van der Waals surface area contributed by atoms with Gasteiger partial charge < -0.3 is 10.1 Å². The number of thioether (sulfide) groups is 1. The number of nitrogens with one attached hydrogen (secondary N) is 2. The van der Waals surface area contributed by atoms with Crippen molar-refractivity contribution in [1.82, 2.24) is 15.7 Å². The van der Waals surface area contributed by atoms with Crippen LogP contribution in [0, 0.1) is 5.92 Å². The predicted octanol–water partition coefficient (Wildman–Crippen LogP) is 2.92. The van der Waals surface area contributed by atoms with Crippen molar-refractivity contribution >= 4 is 35.5 Å². The number of ketones is 1. The zero-order valence-electron chi connectivity index (χ0n) is 20.1. The third-order valence-electron chi connectivity index (χ3n) is 5.96. The van der Waals surface area contributed by atoms with Gasteiger partial charge in [0.1, 0.15) is 12.6 Å². The fourth-order valence-corrected chi connectivity index (χ4v) is 4.97. The highest BCUT2D eigenvalue weighted by Crippen LogP contribution is 2.23. The Balaban J connectivity index is 1.64. The van der Waals surface area contributed by atoms with E-state index in [4.69, 9.17) is 9.94 Å². The van der Waals surface area contributed by atoms with Gasteiger partial charge in [-0.05, 0) is 24.0 Å². The number of hydrogen-bond acceptors (Lipinski definition) is 7. The summed E-state index contributed by atoms with van der Waals surface area (Å²) in [6.45, 7) is 1.62. The van der Waals surface area contributed by atoms with E-state index in [1.807, 2.05) is 60.7 Å². The van der Waals surface area contributed by atoms with E-state index in [9.17, 15) is 19.2 Å². The fraction of sp³-hybridized carbons (Fsp3) is 0.385. The maximum atomic E-state index is 13.2. The lowest BCUT2D eigenvalue weighted by Crippen LogP contribution is -2.52. The molecule has 0 bridgehead atoms. The molecule has 0 spiro atoms. The number of rotatable bonds is 11. The molecule has 3 N–H and O–H groups in total. The predicted molar refractivity (Wildman–Crippen MR) is 135 cm³/mol. The van der Waals surface area contributed by atoms with Crippen LogP contribution in [0.4, 0.5) is 4.79 Å². The lowest BCUT2D eigenvalue weighted by Gasteiger charge is -2.25. The molecule has 36 heavy (non-hydrogen) atoms. The van der Waals surface area contributed by atoms with E-state index in [1.54, 1.807) is 5.48 Å². The zero-order chi connectivity index (χ0) is 25.9. The van der Waals surface area contributed by atoms with Gasteiger partial charge in [-0.2, -0.15) is 0 Å². The highest BCUT2D eigenvalue weighted by atomic mass is 32.2. The SMILES string of the molecule is C[C@H](CC(=O)[C@H](CCc1ccccc1)NC(=O)[C@@H]1CSCN1C(=O)OCc1ccccc1)C(=O)NO. The summed E-state index contributed by atoms with van der Waals surface area (Å²) in [5, 5.41) is 11.7. The van der Waals surface area contributed by atoms with Crippen LogP contribution in [-0.2, 0) is 32.1 Å². The summed E-state index contributed by atoms with van der Waals surface area (Å²) in [6.07, 6.45) is 0.138. The summed E-state index contributed by atoms with van der Waals surface area (Å²) in [4.78, 5) is 52.0. The van der Waals surface area contributed by atoms with Crippen LogP contribution in [0.15, 0.2) is 60.7 Å². The number of aryl methyl sites for hydroxylation is 1. The van der Waals surface area contributed by atoms with Gasteiger partial charge in [0, 0.05) is 18.1 Å². The first-order valence-electron chi connectivity index (χ1n) is 11.7. The standard InChI is InChI=1S/C26H31N3O6S/c1-18(24(31)28-34)14-23(30)21(13-12-19-8-4-2-5-9-19)27-25(32)22-16-36-17-29(22)26(33)35-15-20-10-6-3-7-11-20/h2-11,18,21-22,34H,12-17H2,1H3,(H,27,32)(H,28,31)/t18-,21+,22+/m1/s1. The van der Waals surface area contributed by atoms with Crippen LogP contribution in [-0.4, -0.2) is 57.5 Å². The molecule has 192 valence electrons. The topological polar surface area (TPSA) is 125 Å². The minimum absolute atomic E-state index is 0.0954. The van der Waals surface area contributed by atoms with Crippen molar-refractivity contribution in [3.63, 3.8) is 0 Å². The van der Waals surface area contributed by atoms with Gasteiger partial charge in [-0.15, -0.1) is 11.8 Å². The average Bonchev–Trinajstić information content (AvgIpc) is 3.40. The van der Waals surface area contributed by atoms with Crippen LogP contribution >= 0.6 is 11.8 Å². The van der Waals surface area contributed by atoms with Crippen molar-refractivity contribution in [1.29, 1.82) is 0 Å². The maximum absolute atomic E-state index is 13.2. The maximum Gasteiger partial charge on any atom is 0.411 e. The second kappa shape index (κ2) is 13.6. The van der Waals surface area contributed by atoms with Crippen molar-refractivity contribution in [3.8, 4) is 0 Å². The molecule has 3 amide bonds. The lowest BCUT2D eigenvalue weighted by molar-refractivity contribution is -0.136. The van der Waals surface area contributed by atoms with Gasteiger partial charge in [0.15, 0.2) is 5.78 Å². The number of benzene rings is 2. The van der Waals surface area contributed by atoms with Crippen LogP contribution in [0.2, 0.25) is 0 Å². The van der Waals surface area contributed by atoms with E-state index < -0.39 is 35.9 Å². The average molecular weight is 514 g/mol. The summed E-state index contributed by atoms with van der Waals surface area (Å²) in [6, 6.07) is 17.2. The molecule has 3 rings (SSSR count). The molecule has 0 aliphatic carbocycles. The van der Waals surface area contributed by atoms with Crippen LogP contribution in [0.3, 0.4) is 0 Å². The number of hydrogen-bond donors (Lipinski definition) is 3. The number of ether oxygens (including phenoxy) is 1.